The van der Waals surface area contributed by atoms with Gasteiger partial charge in [0.15, 0.2) is 5.75 Å². The fourth-order valence-electron chi connectivity index (χ4n) is 3.55. The van der Waals surface area contributed by atoms with Crippen LogP contribution in [0.1, 0.15) is 21.7 Å². The lowest BCUT2D eigenvalue weighted by atomic mass is 9.95. The van der Waals surface area contributed by atoms with E-state index in [0.717, 1.165) is 0 Å². The first-order valence-electron chi connectivity index (χ1n) is 8.49. The number of pyridine rings is 1. The first kappa shape index (κ1) is 18.0. The number of carbonyl (C=O) groups excluding carboxylic acids is 2. The summed E-state index contributed by atoms with van der Waals surface area (Å²) >= 11 is 5.58. The number of hydrogen-bond donors (Lipinski definition) is 0. The number of alkyl halides is 1. The van der Waals surface area contributed by atoms with Crippen molar-refractivity contribution in [1.82, 2.24) is 9.55 Å². The van der Waals surface area contributed by atoms with Gasteiger partial charge in [-0.05, 0) is 6.07 Å². The van der Waals surface area contributed by atoms with Crippen LogP contribution in [0, 0.1) is 11.3 Å². The molecule has 0 radical (unpaired) electrons. The second kappa shape index (κ2) is 6.98. The van der Waals surface area contributed by atoms with Gasteiger partial charge in [-0.3, -0.25) is 9.78 Å². The zero-order chi connectivity index (χ0) is 19.8. The zero-order valence-corrected chi connectivity index (χ0v) is 15.6. The molecule has 0 atom stereocenters. The number of carbonyl (C=O) groups is 2. The van der Waals surface area contributed by atoms with Crippen molar-refractivity contribution in [2.75, 3.05) is 13.0 Å². The first-order valence-corrected chi connectivity index (χ1v) is 9.03. The number of aryl methyl sites for hydroxylation is 1. The standard InChI is InChI=1S/C20H14ClN3O4/c1-27-20(26)15-8-16(28-17(25)9-21)19-18-12(10-22)11-4-2-3-5-13(11)23-14(18)6-7-24(15)19/h2-5,8H,6-7,9H2,1H3. The van der Waals surface area contributed by atoms with E-state index in [1.807, 2.05) is 24.3 Å². The number of rotatable bonds is 3. The summed E-state index contributed by atoms with van der Waals surface area (Å²) in [5.41, 5.74) is 3.08. The predicted octanol–water partition coefficient (Wildman–Crippen LogP) is 3.06. The Balaban J connectivity index is 2.06. The number of nitrogens with zero attached hydrogens (tertiary/aromatic N) is 3. The van der Waals surface area contributed by atoms with Crippen LogP contribution in [-0.2, 0) is 22.5 Å². The van der Waals surface area contributed by atoms with Gasteiger partial charge in [-0.25, -0.2) is 4.79 Å². The second-order valence-electron chi connectivity index (χ2n) is 6.18. The van der Waals surface area contributed by atoms with Crippen LogP contribution in [0.5, 0.6) is 5.75 Å². The van der Waals surface area contributed by atoms with E-state index < -0.39 is 11.9 Å². The van der Waals surface area contributed by atoms with Gasteiger partial charge in [-0.2, -0.15) is 5.26 Å². The summed E-state index contributed by atoms with van der Waals surface area (Å²) in [5.74, 6) is -1.41. The van der Waals surface area contributed by atoms with Gasteiger partial charge in [0, 0.05) is 30.0 Å². The molecule has 0 saturated heterocycles. The van der Waals surface area contributed by atoms with Gasteiger partial charge in [-0.15, -0.1) is 11.6 Å². The van der Waals surface area contributed by atoms with Crippen molar-refractivity contribution in [3.05, 3.63) is 47.3 Å². The normalized spacial score (nSPS) is 12.0. The van der Waals surface area contributed by atoms with Crippen LogP contribution in [0.25, 0.3) is 22.2 Å². The summed E-state index contributed by atoms with van der Waals surface area (Å²) < 4.78 is 11.9. The molecule has 1 aliphatic rings. The Kier molecular flexibility index (Phi) is 4.49. The lowest BCUT2D eigenvalue weighted by Gasteiger charge is -2.22. The minimum absolute atomic E-state index is 0.153. The maximum Gasteiger partial charge on any atom is 0.354 e. The SMILES string of the molecule is COC(=O)c1cc(OC(=O)CCl)c2n1CCc1nc3ccccc3c(C#N)c1-2. The molecule has 0 saturated carbocycles. The molecule has 28 heavy (non-hydrogen) atoms. The number of benzene rings is 1. The van der Waals surface area contributed by atoms with E-state index in [1.54, 1.807) is 4.57 Å². The van der Waals surface area contributed by atoms with E-state index in [9.17, 15) is 14.9 Å². The number of para-hydroxylation sites is 1. The van der Waals surface area contributed by atoms with Gasteiger partial charge in [0.1, 0.15) is 17.6 Å². The average Bonchev–Trinajstić information content (AvgIpc) is 3.09. The topological polar surface area (TPSA) is 94.2 Å². The van der Waals surface area contributed by atoms with Crippen molar-refractivity contribution in [1.29, 1.82) is 5.26 Å². The Hall–Kier alpha value is -3.37. The Morgan fingerprint density at radius 2 is 2.14 bits per heavy atom. The second-order valence-corrected chi connectivity index (χ2v) is 6.45. The molecular formula is C20H14ClN3O4. The number of hydrogen-bond acceptors (Lipinski definition) is 6. The number of halogens is 1. The summed E-state index contributed by atoms with van der Waals surface area (Å²) in [6.45, 7) is 0.432. The highest BCUT2D eigenvalue weighted by Gasteiger charge is 2.31. The number of methoxy groups -OCH3 is 1. The Labute approximate surface area is 165 Å². The lowest BCUT2D eigenvalue weighted by Crippen LogP contribution is -2.19. The molecule has 0 N–H and O–H groups in total. The summed E-state index contributed by atoms with van der Waals surface area (Å²) in [5, 5.41) is 10.6. The van der Waals surface area contributed by atoms with Crippen molar-refractivity contribution in [3.63, 3.8) is 0 Å². The van der Waals surface area contributed by atoms with Gasteiger partial charge in [0.05, 0.1) is 29.6 Å². The maximum atomic E-state index is 12.2. The minimum Gasteiger partial charge on any atom is -0.464 e. The first-order chi connectivity index (χ1) is 13.6. The van der Waals surface area contributed by atoms with Gasteiger partial charge in [0.25, 0.3) is 0 Å². The smallest absolute Gasteiger partial charge is 0.354 e. The molecule has 0 bridgehead atoms. The molecule has 1 aliphatic heterocycles. The van der Waals surface area contributed by atoms with Crippen molar-refractivity contribution in [2.45, 2.75) is 13.0 Å². The highest BCUT2D eigenvalue weighted by atomic mass is 35.5. The summed E-state index contributed by atoms with van der Waals surface area (Å²) in [6.07, 6.45) is 0.517. The molecule has 140 valence electrons. The zero-order valence-electron chi connectivity index (χ0n) is 14.9. The molecule has 1 aromatic carbocycles. The van der Waals surface area contributed by atoms with E-state index in [0.29, 0.717) is 46.4 Å². The van der Waals surface area contributed by atoms with E-state index >= 15 is 0 Å². The fraction of sp³-hybridized carbons (Fsp3) is 0.200. The molecule has 7 nitrogen and oxygen atoms in total. The Bertz CT molecular complexity index is 1180. The van der Waals surface area contributed by atoms with E-state index in [1.165, 1.54) is 13.2 Å². The van der Waals surface area contributed by atoms with Crippen LogP contribution in [0.4, 0.5) is 0 Å². The molecule has 2 aromatic heterocycles. The molecule has 3 aromatic rings. The number of esters is 2. The van der Waals surface area contributed by atoms with Crippen LogP contribution in [0.2, 0.25) is 0 Å². The fourth-order valence-corrected chi connectivity index (χ4v) is 3.60. The third-order valence-corrected chi connectivity index (χ3v) is 4.90. The largest absolute Gasteiger partial charge is 0.464 e. The Morgan fingerprint density at radius 3 is 2.86 bits per heavy atom. The van der Waals surface area contributed by atoms with E-state index in [4.69, 9.17) is 26.1 Å². The monoisotopic (exact) mass is 395 g/mol. The molecule has 8 heteroatoms. The van der Waals surface area contributed by atoms with Gasteiger partial charge in [-0.1, -0.05) is 18.2 Å². The Morgan fingerprint density at radius 1 is 1.36 bits per heavy atom. The number of aromatic nitrogens is 2. The third kappa shape index (κ3) is 2.70. The molecule has 4 rings (SSSR count). The van der Waals surface area contributed by atoms with E-state index in [-0.39, 0.29) is 17.3 Å². The van der Waals surface area contributed by atoms with Gasteiger partial charge in [0.2, 0.25) is 0 Å². The van der Waals surface area contributed by atoms with Crippen molar-refractivity contribution in [3.8, 4) is 23.1 Å². The minimum atomic E-state index is -0.661. The summed E-state index contributed by atoms with van der Waals surface area (Å²) in [4.78, 5) is 28.8. The predicted molar refractivity (Wildman–Crippen MR) is 101 cm³/mol. The molecule has 3 heterocycles. The lowest BCUT2D eigenvalue weighted by molar-refractivity contribution is -0.131. The van der Waals surface area contributed by atoms with Crippen molar-refractivity contribution in [2.24, 2.45) is 0 Å². The molecule has 0 unspecified atom stereocenters. The van der Waals surface area contributed by atoms with Crippen LogP contribution < -0.4 is 4.74 Å². The van der Waals surface area contributed by atoms with Crippen LogP contribution in [0.3, 0.4) is 0 Å². The number of ether oxygens (including phenoxy) is 2. The summed E-state index contributed by atoms with van der Waals surface area (Å²) in [6, 6.07) is 11.0. The molecule has 0 fully saturated rings. The highest BCUT2D eigenvalue weighted by molar-refractivity contribution is 6.26. The highest BCUT2D eigenvalue weighted by Crippen LogP contribution is 2.42. The van der Waals surface area contributed by atoms with Gasteiger partial charge >= 0.3 is 11.9 Å². The molecule has 0 amide bonds. The van der Waals surface area contributed by atoms with Gasteiger partial charge < -0.3 is 14.0 Å². The maximum absolute atomic E-state index is 12.2. The van der Waals surface area contributed by atoms with Crippen LogP contribution in [0.15, 0.2) is 30.3 Å². The molecule has 0 aliphatic carbocycles. The van der Waals surface area contributed by atoms with Crippen LogP contribution >= 0.6 is 11.6 Å². The number of fused-ring (bicyclic) bond motifs is 4. The van der Waals surface area contributed by atoms with Crippen LogP contribution in [-0.4, -0.2) is 34.5 Å². The van der Waals surface area contributed by atoms with E-state index in [2.05, 4.69) is 6.07 Å². The summed E-state index contributed by atoms with van der Waals surface area (Å²) in [7, 11) is 1.28. The molecular weight excluding hydrogens is 382 g/mol. The van der Waals surface area contributed by atoms with Crippen molar-refractivity contribution < 1.29 is 19.1 Å². The third-order valence-electron chi connectivity index (χ3n) is 4.68. The number of nitriles is 1. The molecule has 0 spiro atoms. The van der Waals surface area contributed by atoms with Crippen molar-refractivity contribution >= 4 is 34.4 Å². The quantitative estimate of drug-likeness (QED) is 0.499. The average molecular weight is 396 g/mol.